The molecule has 1 saturated heterocycles. The van der Waals surface area contributed by atoms with E-state index >= 15 is 0 Å². The smallest absolute Gasteiger partial charge is 0.0189 e. The van der Waals surface area contributed by atoms with Gasteiger partial charge in [-0.25, -0.2) is 0 Å². The molecule has 15 heavy (non-hydrogen) atoms. The Labute approximate surface area is 95.7 Å². The molecule has 0 aromatic heterocycles. The van der Waals surface area contributed by atoms with Crippen LogP contribution in [-0.4, -0.2) is 37.6 Å². The van der Waals surface area contributed by atoms with Gasteiger partial charge in [-0.3, -0.25) is 4.90 Å². The molecule has 0 atom stereocenters. The first-order valence-electron chi connectivity index (χ1n) is 6.27. The van der Waals surface area contributed by atoms with Gasteiger partial charge in [0.05, 0.1) is 0 Å². The molecular formula is C13H28N2. The van der Waals surface area contributed by atoms with Crippen molar-refractivity contribution in [2.45, 2.75) is 46.6 Å². The van der Waals surface area contributed by atoms with E-state index < -0.39 is 0 Å². The molecule has 0 aromatic rings. The van der Waals surface area contributed by atoms with Crippen LogP contribution in [-0.2, 0) is 0 Å². The van der Waals surface area contributed by atoms with Crippen molar-refractivity contribution < 1.29 is 0 Å². The number of hydrogen-bond acceptors (Lipinski definition) is 2. The van der Waals surface area contributed by atoms with E-state index in [2.05, 4.69) is 37.2 Å². The van der Waals surface area contributed by atoms with E-state index in [1.807, 2.05) is 13.8 Å². The van der Waals surface area contributed by atoms with Crippen LogP contribution in [0.15, 0.2) is 11.6 Å². The van der Waals surface area contributed by atoms with E-state index in [-0.39, 0.29) is 0 Å². The van der Waals surface area contributed by atoms with Gasteiger partial charge in [0.15, 0.2) is 0 Å². The van der Waals surface area contributed by atoms with Gasteiger partial charge < -0.3 is 5.32 Å². The second-order valence-corrected chi connectivity index (χ2v) is 3.97. The highest BCUT2D eigenvalue weighted by Gasteiger charge is 2.16. The minimum Gasteiger partial charge on any atom is -0.317 e. The molecule has 0 amide bonds. The molecule has 0 saturated carbocycles. The van der Waals surface area contributed by atoms with E-state index in [0.717, 1.165) is 12.6 Å². The van der Waals surface area contributed by atoms with Crippen molar-refractivity contribution in [1.82, 2.24) is 10.2 Å². The lowest BCUT2D eigenvalue weighted by molar-refractivity contribution is 0.216. The van der Waals surface area contributed by atoms with E-state index in [1.165, 1.54) is 31.5 Å². The lowest BCUT2D eigenvalue weighted by Crippen LogP contribution is -2.41. The summed E-state index contributed by atoms with van der Waals surface area (Å²) < 4.78 is 0. The predicted molar refractivity (Wildman–Crippen MR) is 69.3 cm³/mol. The molecule has 2 heteroatoms. The molecule has 0 unspecified atom stereocenters. The molecule has 1 N–H and O–H groups in total. The molecule has 1 aliphatic heterocycles. The lowest BCUT2D eigenvalue weighted by Gasteiger charge is -2.31. The van der Waals surface area contributed by atoms with Crippen LogP contribution in [0.1, 0.15) is 40.5 Å². The van der Waals surface area contributed by atoms with E-state index in [4.69, 9.17) is 0 Å². The van der Waals surface area contributed by atoms with Crippen LogP contribution in [0.25, 0.3) is 0 Å². The molecule has 1 rings (SSSR count). The third kappa shape index (κ3) is 5.95. The maximum Gasteiger partial charge on any atom is 0.0189 e. The summed E-state index contributed by atoms with van der Waals surface area (Å²) in [6.45, 7) is 12.0. The average Bonchev–Trinajstić information content (AvgIpc) is 2.32. The average molecular weight is 212 g/mol. The molecule has 0 spiro atoms. The van der Waals surface area contributed by atoms with Gasteiger partial charge in [0.1, 0.15) is 0 Å². The highest BCUT2D eigenvalue weighted by atomic mass is 15.1. The van der Waals surface area contributed by atoms with Crippen molar-refractivity contribution in [2.75, 3.05) is 26.7 Å². The van der Waals surface area contributed by atoms with Gasteiger partial charge in [-0.15, -0.1) is 0 Å². The molecule has 0 bridgehead atoms. The number of nitrogens with one attached hydrogen (secondary N) is 1. The fourth-order valence-electron chi connectivity index (χ4n) is 1.82. The Hall–Kier alpha value is -0.340. The van der Waals surface area contributed by atoms with Crippen LogP contribution < -0.4 is 5.32 Å². The van der Waals surface area contributed by atoms with Crippen LogP contribution in [0.2, 0.25) is 0 Å². The van der Waals surface area contributed by atoms with Crippen LogP contribution in [0.4, 0.5) is 0 Å². The van der Waals surface area contributed by atoms with Crippen molar-refractivity contribution >= 4 is 0 Å². The molecule has 0 aromatic carbocycles. The summed E-state index contributed by atoms with van der Waals surface area (Å²) in [6, 6.07) is 0.752. The number of allylic oxidation sites excluding steroid dienone is 1. The van der Waals surface area contributed by atoms with E-state index in [1.54, 1.807) is 0 Å². The van der Waals surface area contributed by atoms with Crippen LogP contribution in [0.5, 0.6) is 0 Å². The zero-order valence-corrected chi connectivity index (χ0v) is 11.1. The highest BCUT2D eigenvalue weighted by molar-refractivity contribution is 4.99. The van der Waals surface area contributed by atoms with Crippen molar-refractivity contribution in [1.29, 1.82) is 0 Å². The molecule has 1 heterocycles. The van der Waals surface area contributed by atoms with Gasteiger partial charge >= 0.3 is 0 Å². The lowest BCUT2D eigenvalue weighted by atomic mass is 10.0. The molecule has 90 valence electrons. The number of nitrogens with zero attached hydrogens (tertiary/aromatic N) is 1. The number of rotatable bonds is 3. The fourth-order valence-corrected chi connectivity index (χ4v) is 1.82. The zero-order chi connectivity index (χ0) is 11.7. The minimum absolute atomic E-state index is 0.752. The summed E-state index contributed by atoms with van der Waals surface area (Å²) >= 11 is 0. The molecule has 2 nitrogen and oxygen atoms in total. The summed E-state index contributed by atoms with van der Waals surface area (Å²) in [4.78, 5) is 2.54. The summed E-state index contributed by atoms with van der Waals surface area (Å²) in [7, 11) is 2.07. The number of likely N-dealkylation sites (tertiary alicyclic amines) is 1. The number of piperidine rings is 1. The normalized spacial score (nSPS) is 19.7. The Morgan fingerprint density at radius 2 is 1.87 bits per heavy atom. The first kappa shape index (κ1) is 14.7. The zero-order valence-electron chi connectivity index (χ0n) is 11.1. The Balaban J connectivity index is 0.000000921. The van der Waals surface area contributed by atoms with Gasteiger partial charge in [0.2, 0.25) is 0 Å². The monoisotopic (exact) mass is 212 g/mol. The summed E-state index contributed by atoms with van der Waals surface area (Å²) in [6.07, 6.45) is 4.81. The third-order valence-electron chi connectivity index (χ3n) is 2.96. The van der Waals surface area contributed by atoms with Crippen molar-refractivity contribution in [3.8, 4) is 0 Å². The Morgan fingerprint density at radius 1 is 1.33 bits per heavy atom. The first-order chi connectivity index (χ1) is 7.26. The highest BCUT2D eigenvalue weighted by Crippen LogP contribution is 2.11. The molecule has 1 fully saturated rings. The van der Waals surface area contributed by atoms with Crippen LogP contribution in [0.3, 0.4) is 0 Å². The van der Waals surface area contributed by atoms with Gasteiger partial charge in [-0.05, 0) is 46.8 Å². The predicted octanol–water partition coefficient (Wildman–Crippen LogP) is 2.66. The first-order valence-corrected chi connectivity index (χ1v) is 6.27. The molecule has 0 radical (unpaired) electrons. The molecule has 1 aliphatic rings. The molecular weight excluding hydrogens is 184 g/mol. The Kier molecular flexibility index (Phi) is 8.73. The maximum absolute atomic E-state index is 3.35. The van der Waals surface area contributed by atoms with Gasteiger partial charge in [0.25, 0.3) is 0 Å². The number of hydrogen-bond donors (Lipinski definition) is 1. The van der Waals surface area contributed by atoms with Crippen molar-refractivity contribution in [2.24, 2.45) is 0 Å². The Morgan fingerprint density at radius 3 is 2.27 bits per heavy atom. The molecule has 0 aliphatic carbocycles. The topological polar surface area (TPSA) is 15.3 Å². The summed E-state index contributed by atoms with van der Waals surface area (Å²) in [5, 5.41) is 3.35. The van der Waals surface area contributed by atoms with Crippen LogP contribution >= 0.6 is 0 Å². The van der Waals surface area contributed by atoms with Crippen LogP contribution in [0, 0.1) is 0 Å². The summed E-state index contributed by atoms with van der Waals surface area (Å²) in [5.41, 5.74) is 1.49. The minimum atomic E-state index is 0.752. The second kappa shape index (κ2) is 8.93. The third-order valence-corrected chi connectivity index (χ3v) is 2.96. The van der Waals surface area contributed by atoms with Crippen molar-refractivity contribution in [3.63, 3.8) is 0 Å². The largest absolute Gasteiger partial charge is 0.317 e. The van der Waals surface area contributed by atoms with E-state index in [9.17, 15) is 0 Å². The van der Waals surface area contributed by atoms with Crippen molar-refractivity contribution in [3.05, 3.63) is 11.6 Å². The second-order valence-electron chi connectivity index (χ2n) is 3.97. The fraction of sp³-hybridized carbons (Fsp3) is 0.846. The SMILES string of the molecule is C/C=C(\C)CN1CCC(NC)CC1.CC. The van der Waals surface area contributed by atoms with Gasteiger partial charge in [0, 0.05) is 12.6 Å². The maximum atomic E-state index is 3.35. The van der Waals surface area contributed by atoms with Gasteiger partial charge in [-0.1, -0.05) is 25.5 Å². The standard InChI is InChI=1S/C11H22N2.C2H6/c1-4-10(2)9-13-7-5-11(12-3)6-8-13;1-2/h4,11-12H,5-9H2,1-3H3;1-2H3/b10-4+;. The quantitative estimate of drug-likeness (QED) is 0.724. The van der Waals surface area contributed by atoms with Gasteiger partial charge in [-0.2, -0.15) is 0 Å². The Bertz CT molecular complexity index is 167. The van der Waals surface area contributed by atoms with E-state index in [0.29, 0.717) is 0 Å². The summed E-state index contributed by atoms with van der Waals surface area (Å²) in [5.74, 6) is 0.